The second kappa shape index (κ2) is 5.66. The molecule has 0 amide bonds. The van der Waals surface area contributed by atoms with E-state index >= 15 is 0 Å². The number of aryl methyl sites for hydroxylation is 2. The minimum Gasteiger partial charge on any atom is -0.293 e. The smallest absolute Gasteiger partial charge is 0.293 e. The average Bonchev–Trinajstić information content (AvgIpc) is 2.23. The summed E-state index contributed by atoms with van der Waals surface area (Å²) in [7, 11) is 0. The van der Waals surface area contributed by atoms with Gasteiger partial charge in [0.2, 0.25) is 0 Å². The van der Waals surface area contributed by atoms with Crippen LogP contribution in [-0.2, 0) is 9.78 Å². The van der Waals surface area contributed by atoms with Crippen LogP contribution >= 0.6 is 0 Å². The Morgan fingerprint density at radius 1 is 1.25 bits per heavy atom. The first-order valence-corrected chi connectivity index (χ1v) is 5.49. The predicted molar refractivity (Wildman–Crippen MR) is 62.2 cm³/mol. The standard InChI is InChI=1S/C13H18O3/c1-5-11(4)15-16-13(14)12-7-9(2)6-10(3)8-12/h6-8,11H,5H2,1-4H3. The van der Waals surface area contributed by atoms with Gasteiger partial charge < -0.3 is 0 Å². The van der Waals surface area contributed by atoms with Gasteiger partial charge in [-0.05, 0) is 39.3 Å². The summed E-state index contributed by atoms with van der Waals surface area (Å²) in [5.41, 5.74) is 2.60. The molecule has 1 atom stereocenters. The van der Waals surface area contributed by atoms with Crippen LogP contribution in [-0.4, -0.2) is 12.1 Å². The molecule has 3 heteroatoms. The highest BCUT2D eigenvalue weighted by molar-refractivity contribution is 5.89. The van der Waals surface area contributed by atoms with E-state index in [9.17, 15) is 4.79 Å². The molecule has 3 nitrogen and oxygen atoms in total. The summed E-state index contributed by atoms with van der Waals surface area (Å²) >= 11 is 0. The molecule has 1 unspecified atom stereocenters. The highest BCUT2D eigenvalue weighted by Crippen LogP contribution is 2.11. The molecule has 0 saturated carbocycles. The van der Waals surface area contributed by atoms with Crippen LogP contribution in [0.1, 0.15) is 41.8 Å². The zero-order chi connectivity index (χ0) is 12.1. The van der Waals surface area contributed by atoms with Gasteiger partial charge in [0.05, 0.1) is 5.56 Å². The van der Waals surface area contributed by atoms with Gasteiger partial charge in [-0.3, -0.25) is 4.89 Å². The van der Waals surface area contributed by atoms with Crippen LogP contribution in [0.15, 0.2) is 18.2 Å². The van der Waals surface area contributed by atoms with Gasteiger partial charge in [0.15, 0.2) is 0 Å². The molecule has 0 radical (unpaired) electrons. The number of carbonyl (C=O) groups is 1. The summed E-state index contributed by atoms with van der Waals surface area (Å²) < 4.78 is 0. The lowest BCUT2D eigenvalue weighted by atomic mass is 10.1. The van der Waals surface area contributed by atoms with Crippen molar-refractivity contribution in [3.8, 4) is 0 Å². The number of carbonyl (C=O) groups excluding carboxylic acids is 1. The summed E-state index contributed by atoms with van der Waals surface area (Å²) in [6, 6.07) is 5.58. The van der Waals surface area contributed by atoms with Crippen molar-refractivity contribution in [3.05, 3.63) is 34.9 Å². The minimum atomic E-state index is -0.438. The van der Waals surface area contributed by atoms with Gasteiger partial charge in [-0.15, -0.1) is 0 Å². The molecule has 0 spiro atoms. The molecule has 0 aliphatic heterocycles. The maximum absolute atomic E-state index is 11.6. The third-order valence-electron chi connectivity index (χ3n) is 2.32. The summed E-state index contributed by atoms with van der Waals surface area (Å²) in [5, 5.41) is 0. The van der Waals surface area contributed by atoms with E-state index in [1.807, 2.05) is 33.8 Å². The van der Waals surface area contributed by atoms with Crippen molar-refractivity contribution in [1.29, 1.82) is 0 Å². The zero-order valence-corrected chi connectivity index (χ0v) is 10.2. The second-order valence-electron chi connectivity index (χ2n) is 4.06. The highest BCUT2D eigenvalue weighted by atomic mass is 17.2. The molecule has 0 N–H and O–H groups in total. The van der Waals surface area contributed by atoms with Crippen molar-refractivity contribution >= 4 is 5.97 Å². The molecule has 0 saturated heterocycles. The van der Waals surface area contributed by atoms with Gasteiger partial charge in [0.1, 0.15) is 6.10 Å². The van der Waals surface area contributed by atoms with Crippen LogP contribution in [0.3, 0.4) is 0 Å². The molecule has 0 aliphatic carbocycles. The number of rotatable bonds is 4. The van der Waals surface area contributed by atoms with Gasteiger partial charge >= 0.3 is 5.97 Å². The Bertz CT molecular complexity index is 351. The topological polar surface area (TPSA) is 35.5 Å². The summed E-state index contributed by atoms with van der Waals surface area (Å²) in [4.78, 5) is 21.3. The number of hydrogen-bond acceptors (Lipinski definition) is 3. The first-order chi connectivity index (χ1) is 7.52. The van der Waals surface area contributed by atoms with Crippen molar-refractivity contribution in [2.75, 3.05) is 0 Å². The normalized spacial score (nSPS) is 12.2. The van der Waals surface area contributed by atoms with E-state index in [4.69, 9.17) is 9.78 Å². The van der Waals surface area contributed by atoms with Gasteiger partial charge in [-0.1, -0.05) is 24.1 Å². The van der Waals surface area contributed by atoms with Crippen LogP contribution in [0.4, 0.5) is 0 Å². The van der Waals surface area contributed by atoms with E-state index in [0.717, 1.165) is 17.5 Å². The van der Waals surface area contributed by atoms with Crippen LogP contribution in [0.25, 0.3) is 0 Å². The number of benzene rings is 1. The van der Waals surface area contributed by atoms with Gasteiger partial charge in [-0.25, -0.2) is 4.79 Å². The van der Waals surface area contributed by atoms with Crippen LogP contribution in [0.2, 0.25) is 0 Å². The van der Waals surface area contributed by atoms with Crippen LogP contribution < -0.4 is 0 Å². The minimum absolute atomic E-state index is 0.0742. The molecule has 1 aromatic rings. The lowest BCUT2D eigenvalue weighted by Crippen LogP contribution is -2.13. The van der Waals surface area contributed by atoms with Crippen molar-refractivity contribution in [2.45, 2.75) is 40.2 Å². The Morgan fingerprint density at radius 2 is 1.81 bits per heavy atom. The van der Waals surface area contributed by atoms with Gasteiger partial charge in [0.25, 0.3) is 0 Å². The van der Waals surface area contributed by atoms with Gasteiger partial charge in [0, 0.05) is 0 Å². The van der Waals surface area contributed by atoms with Crippen molar-refractivity contribution in [3.63, 3.8) is 0 Å². The van der Waals surface area contributed by atoms with E-state index in [-0.39, 0.29) is 6.10 Å². The van der Waals surface area contributed by atoms with Crippen molar-refractivity contribution < 1.29 is 14.6 Å². The maximum atomic E-state index is 11.6. The fourth-order valence-corrected chi connectivity index (χ4v) is 1.33. The van der Waals surface area contributed by atoms with E-state index in [0.29, 0.717) is 5.56 Å². The Morgan fingerprint density at radius 3 is 2.31 bits per heavy atom. The summed E-state index contributed by atoms with van der Waals surface area (Å²) in [6.45, 7) is 7.71. The Hall–Kier alpha value is -1.35. The third-order valence-corrected chi connectivity index (χ3v) is 2.32. The molecule has 0 heterocycles. The molecule has 88 valence electrons. The molecule has 0 fully saturated rings. The molecule has 0 aliphatic rings. The summed E-state index contributed by atoms with van der Waals surface area (Å²) in [6.07, 6.45) is 0.731. The molecule has 0 aromatic heterocycles. The van der Waals surface area contributed by atoms with E-state index in [1.54, 1.807) is 12.1 Å². The lowest BCUT2D eigenvalue weighted by Gasteiger charge is -2.09. The Labute approximate surface area is 96.3 Å². The lowest BCUT2D eigenvalue weighted by molar-refractivity contribution is -0.270. The van der Waals surface area contributed by atoms with Crippen molar-refractivity contribution in [1.82, 2.24) is 0 Å². The molecule has 16 heavy (non-hydrogen) atoms. The molecular weight excluding hydrogens is 204 g/mol. The van der Waals surface area contributed by atoms with E-state index in [1.165, 1.54) is 0 Å². The first-order valence-electron chi connectivity index (χ1n) is 5.49. The molecular formula is C13H18O3. The largest absolute Gasteiger partial charge is 0.373 e. The third kappa shape index (κ3) is 3.66. The summed E-state index contributed by atoms with van der Waals surface area (Å²) in [5.74, 6) is -0.438. The maximum Gasteiger partial charge on any atom is 0.373 e. The van der Waals surface area contributed by atoms with Crippen LogP contribution in [0.5, 0.6) is 0 Å². The van der Waals surface area contributed by atoms with E-state index < -0.39 is 5.97 Å². The fraction of sp³-hybridized carbons (Fsp3) is 0.462. The molecule has 0 bridgehead atoms. The monoisotopic (exact) mass is 222 g/mol. The molecule has 1 aromatic carbocycles. The Balaban J connectivity index is 2.66. The predicted octanol–water partition coefficient (Wildman–Crippen LogP) is 3.19. The van der Waals surface area contributed by atoms with Crippen LogP contribution in [0, 0.1) is 13.8 Å². The second-order valence-corrected chi connectivity index (χ2v) is 4.06. The molecule has 1 rings (SSSR count). The average molecular weight is 222 g/mol. The first kappa shape index (κ1) is 12.7. The SMILES string of the molecule is CCC(C)OOC(=O)c1cc(C)cc(C)c1. The number of hydrogen-bond donors (Lipinski definition) is 0. The fourth-order valence-electron chi connectivity index (χ4n) is 1.33. The van der Waals surface area contributed by atoms with E-state index in [2.05, 4.69) is 0 Å². The zero-order valence-electron chi connectivity index (χ0n) is 10.2. The Kier molecular flexibility index (Phi) is 4.50. The highest BCUT2D eigenvalue weighted by Gasteiger charge is 2.11. The quantitative estimate of drug-likeness (QED) is 0.579. The van der Waals surface area contributed by atoms with Crippen molar-refractivity contribution in [2.24, 2.45) is 0 Å². The van der Waals surface area contributed by atoms with Gasteiger partial charge in [-0.2, -0.15) is 4.89 Å².